The number of benzene rings is 1. The van der Waals surface area contributed by atoms with Crippen molar-refractivity contribution in [1.82, 2.24) is 0 Å². The Bertz CT molecular complexity index is 139. The molecule has 0 atom stereocenters. The van der Waals surface area contributed by atoms with Crippen molar-refractivity contribution in [3.8, 4) is 5.75 Å². The van der Waals surface area contributed by atoms with Crippen LogP contribution in [-0.4, -0.2) is 5.11 Å². The molecule has 0 bridgehead atoms. The van der Waals surface area contributed by atoms with E-state index in [4.69, 9.17) is 5.11 Å². The van der Waals surface area contributed by atoms with E-state index in [1.165, 1.54) is 0 Å². The van der Waals surface area contributed by atoms with Gasteiger partial charge in [-0.1, -0.05) is 13.8 Å². The van der Waals surface area contributed by atoms with Crippen molar-refractivity contribution in [1.29, 1.82) is 0 Å². The van der Waals surface area contributed by atoms with Crippen molar-refractivity contribution in [2.45, 2.75) is 13.8 Å². The minimum Gasteiger partial charge on any atom is -0.533 e. The van der Waals surface area contributed by atoms with Crippen molar-refractivity contribution in [2.75, 3.05) is 0 Å². The van der Waals surface area contributed by atoms with E-state index in [1.54, 1.807) is 24.3 Å². The van der Waals surface area contributed by atoms with Gasteiger partial charge in [0.15, 0.2) is 0 Å². The van der Waals surface area contributed by atoms with Crippen LogP contribution >= 0.6 is 0 Å². The summed E-state index contributed by atoms with van der Waals surface area (Å²) in [6.07, 6.45) is 0. The summed E-state index contributed by atoms with van der Waals surface area (Å²) in [5.74, 6) is 0.291. The van der Waals surface area contributed by atoms with Crippen LogP contribution in [0.15, 0.2) is 24.3 Å². The van der Waals surface area contributed by atoms with Crippen LogP contribution < -0.4 is 0 Å². The maximum absolute atomic E-state index is 8.61. The molecule has 0 heterocycles. The molecule has 1 N–H and O–H groups in total. The van der Waals surface area contributed by atoms with Gasteiger partial charge in [0, 0.05) is 5.75 Å². The number of hydrogen-bond acceptors (Lipinski definition) is 1. The molecule has 1 rings (SSSR count). The average molecular weight is 376 g/mol. The van der Waals surface area contributed by atoms with E-state index >= 15 is 0 Å². The fraction of sp³-hybridized carbons (Fsp3) is 0.222. The Hall–Kier alpha value is 0.0719. The van der Waals surface area contributed by atoms with E-state index < -0.39 is 0 Å². The molecular formula is C9H14OU. The summed E-state index contributed by atoms with van der Waals surface area (Å²) < 4.78 is 0. The van der Waals surface area contributed by atoms with Gasteiger partial charge in [-0.05, 0) is 0 Å². The first-order valence-electron chi connectivity index (χ1n) is 3.04. The zero-order valence-corrected chi connectivity index (χ0v) is 11.4. The van der Waals surface area contributed by atoms with Gasteiger partial charge in [-0.15, -0.1) is 12.1 Å². The number of phenols is 1. The first kappa shape index (κ1) is 17.2. The number of phenolic OH excluding ortho intramolecular Hbond substituents is 1. The van der Waals surface area contributed by atoms with E-state index in [0.29, 0.717) is 5.75 Å². The molecule has 0 spiro atoms. The van der Waals surface area contributed by atoms with Crippen molar-refractivity contribution < 1.29 is 36.2 Å². The predicted octanol–water partition coefficient (Wildman–Crippen LogP) is 2.67. The third-order valence-electron chi connectivity index (χ3n) is 0.701. The smallest absolute Gasteiger partial charge is 0.533 e. The van der Waals surface area contributed by atoms with E-state index in [2.05, 4.69) is 6.07 Å². The summed E-state index contributed by atoms with van der Waals surface area (Å²) in [6, 6.07) is 9.26. The van der Waals surface area contributed by atoms with E-state index in [-0.39, 0.29) is 38.5 Å². The SMILES string of the molecule is CC.Oc1cc[c-]cc1.[CH3-].[U+2]. The third-order valence-corrected chi connectivity index (χ3v) is 0.701. The molecule has 0 radical (unpaired) electrons. The van der Waals surface area contributed by atoms with Crippen LogP contribution in [0.4, 0.5) is 0 Å². The fourth-order valence-electron chi connectivity index (χ4n) is 0.378. The molecule has 11 heavy (non-hydrogen) atoms. The number of hydrogen-bond donors (Lipinski definition) is 1. The largest absolute Gasteiger partial charge is 2.00 e. The fourth-order valence-corrected chi connectivity index (χ4v) is 0.378. The van der Waals surface area contributed by atoms with Crippen LogP contribution in [0.3, 0.4) is 0 Å². The standard InChI is InChI=1S/C6H5O.C2H6.CH3.U/c7-6-4-2-1-3-5-6;1-2;;/h2-5,7H;1-2H3;1H3;/q-1;;-1;+2. The summed E-state index contributed by atoms with van der Waals surface area (Å²) in [6.45, 7) is 4.00. The Morgan fingerprint density at radius 3 is 1.73 bits per heavy atom. The predicted molar refractivity (Wildman–Crippen MR) is 44.7 cm³/mol. The van der Waals surface area contributed by atoms with Crippen LogP contribution in [0.2, 0.25) is 0 Å². The molecule has 0 saturated carbocycles. The zero-order chi connectivity index (χ0) is 7.11. The minimum absolute atomic E-state index is 0. The van der Waals surface area contributed by atoms with Gasteiger partial charge in [-0.2, -0.15) is 18.2 Å². The van der Waals surface area contributed by atoms with Gasteiger partial charge >= 0.3 is 31.1 Å². The Kier molecular flexibility index (Phi) is 19.9. The molecule has 0 aliphatic rings. The third kappa shape index (κ3) is 10.1. The van der Waals surface area contributed by atoms with Gasteiger partial charge in [0.1, 0.15) is 0 Å². The second kappa shape index (κ2) is 12.7. The Morgan fingerprint density at radius 1 is 1.18 bits per heavy atom. The second-order valence-electron chi connectivity index (χ2n) is 1.26. The van der Waals surface area contributed by atoms with Crippen molar-refractivity contribution in [3.63, 3.8) is 0 Å². The van der Waals surface area contributed by atoms with Crippen LogP contribution in [0.1, 0.15) is 13.8 Å². The summed E-state index contributed by atoms with van der Waals surface area (Å²) in [7, 11) is 0. The summed E-state index contributed by atoms with van der Waals surface area (Å²) >= 11 is 0. The normalized spacial score (nSPS) is 6.00. The Balaban J connectivity index is -0.000000149. The van der Waals surface area contributed by atoms with Crippen LogP contribution in [-0.2, 0) is 0 Å². The van der Waals surface area contributed by atoms with Gasteiger partial charge in [-0.3, -0.25) is 0 Å². The van der Waals surface area contributed by atoms with Crippen molar-refractivity contribution in [2.24, 2.45) is 0 Å². The number of aromatic hydroxyl groups is 1. The molecule has 0 saturated heterocycles. The topological polar surface area (TPSA) is 20.2 Å². The molecule has 0 fully saturated rings. The summed E-state index contributed by atoms with van der Waals surface area (Å²) in [5.41, 5.74) is 0. The Morgan fingerprint density at radius 2 is 1.55 bits per heavy atom. The second-order valence-corrected chi connectivity index (χ2v) is 1.26. The van der Waals surface area contributed by atoms with Crippen LogP contribution in [0.25, 0.3) is 0 Å². The van der Waals surface area contributed by atoms with Gasteiger partial charge in [0.25, 0.3) is 0 Å². The first-order chi connectivity index (χ1) is 4.39. The quantitative estimate of drug-likeness (QED) is 0.691. The van der Waals surface area contributed by atoms with E-state index in [0.717, 1.165) is 0 Å². The molecule has 0 amide bonds. The van der Waals surface area contributed by atoms with Gasteiger partial charge in [-0.25, -0.2) is 0 Å². The van der Waals surface area contributed by atoms with Crippen molar-refractivity contribution in [3.05, 3.63) is 37.8 Å². The molecule has 1 aromatic carbocycles. The molecule has 0 aliphatic carbocycles. The molecule has 1 nitrogen and oxygen atoms in total. The Labute approximate surface area is 93.2 Å². The summed E-state index contributed by atoms with van der Waals surface area (Å²) in [5, 5.41) is 8.61. The first-order valence-corrected chi connectivity index (χ1v) is 3.04. The molecular weight excluding hydrogens is 362 g/mol. The van der Waals surface area contributed by atoms with Gasteiger partial charge < -0.3 is 12.5 Å². The van der Waals surface area contributed by atoms with Crippen LogP contribution in [0, 0.1) is 44.6 Å². The van der Waals surface area contributed by atoms with E-state index in [9.17, 15) is 0 Å². The maximum atomic E-state index is 8.61. The zero-order valence-electron chi connectivity index (χ0n) is 7.26. The van der Waals surface area contributed by atoms with Crippen molar-refractivity contribution >= 4 is 0 Å². The molecule has 0 unspecified atom stereocenters. The minimum atomic E-state index is 0. The monoisotopic (exact) mass is 376 g/mol. The summed E-state index contributed by atoms with van der Waals surface area (Å²) in [4.78, 5) is 0. The molecule has 1 aromatic rings. The number of rotatable bonds is 0. The average Bonchev–Trinajstić information content (AvgIpc) is 1.94. The van der Waals surface area contributed by atoms with Gasteiger partial charge in [0.2, 0.25) is 0 Å². The molecule has 2 heteroatoms. The molecule has 0 aliphatic heterocycles. The molecule has 60 valence electrons. The van der Waals surface area contributed by atoms with Gasteiger partial charge in [0.05, 0.1) is 0 Å². The molecule has 0 aromatic heterocycles. The van der Waals surface area contributed by atoms with Crippen LogP contribution in [0.5, 0.6) is 5.75 Å². The maximum Gasteiger partial charge on any atom is 2.00 e. The van der Waals surface area contributed by atoms with E-state index in [1.807, 2.05) is 13.8 Å².